The Labute approximate surface area is 125 Å². The number of nitrogens with one attached hydrogen (secondary N) is 2. The van der Waals surface area contributed by atoms with Gasteiger partial charge in [-0.1, -0.05) is 19.8 Å². The van der Waals surface area contributed by atoms with Crippen LogP contribution in [0.15, 0.2) is 24.3 Å². The van der Waals surface area contributed by atoms with Crippen molar-refractivity contribution in [1.82, 2.24) is 10.6 Å². The molecule has 1 atom stereocenters. The molecule has 0 saturated heterocycles. The fourth-order valence-electron chi connectivity index (χ4n) is 2.26. The number of hydrogen-bond donors (Lipinski definition) is 3. The molecular weight excluding hydrogens is 266 g/mol. The van der Waals surface area contributed by atoms with E-state index in [4.69, 9.17) is 5.73 Å². The fourth-order valence-corrected chi connectivity index (χ4v) is 2.26. The first-order chi connectivity index (χ1) is 10.1. The van der Waals surface area contributed by atoms with Crippen molar-refractivity contribution < 1.29 is 9.59 Å². The second-order valence-corrected chi connectivity index (χ2v) is 5.66. The number of carbonyl (C=O) groups excluding carboxylic acids is 2. The van der Waals surface area contributed by atoms with Crippen LogP contribution in [-0.2, 0) is 4.79 Å². The molecule has 1 aliphatic carbocycles. The number of amides is 2. The van der Waals surface area contributed by atoms with Crippen LogP contribution in [0.1, 0.15) is 43.0 Å². The normalized spacial score (nSPS) is 15.3. The van der Waals surface area contributed by atoms with E-state index in [0.717, 1.165) is 18.8 Å². The molecule has 1 aliphatic rings. The quantitative estimate of drug-likeness (QED) is 0.668. The molecule has 0 aliphatic heterocycles. The van der Waals surface area contributed by atoms with Crippen LogP contribution in [0.5, 0.6) is 0 Å². The van der Waals surface area contributed by atoms with Crippen LogP contribution in [0, 0.1) is 5.92 Å². The predicted molar refractivity (Wildman–Crippen MR) is 82.8 cm³/mol. The summed E-state index contributed by atoms with van der Waals surface area (Å²) in [6.45, 7) is 2.07. The lowest BCUT2D eigenvalue weighted by atomic mass is 10.1. The smallest absolute Gasteiger partial charge is 0.251 e. The van der Waals surface area contributed by atoms with Crippen molar-refractivity contribution in [2.24, 2.45) is 5.92 Å². The van der Waals surface area contributed by atoms with Gasteiger partial charge >= 0.3 is 0 Å². The molecule has 114 valence electrons. The highest BCUT2D eigenvalue weighted by Crippen LogP contribution is 2.33. The molecule has 0 heterocycles. The van der Waals surface area contributed by atoms with Crippen LogP contribution in [0.25, 0.3) is 0 Å². The van der Waals surface area contributed by atoms with Crippen LogP contribution >= 0.6 is 0 Å². The number of benzene rings is 1. The molecule has 1 aromatic rings. The summed E-state index contributed by atoms with van der Waals surface area (Å²) >= 11 is 0. The second kappa shape index (κ2) is 7.11. The summed E-state index contributed by atoms with van der Waals surface area (Å²) in [5.74, 6) is 0.381. The molecule has 0 bridgehead atoms. The van der Waals surface area contributed by atoms with E-state index in [1.165, 1.54) is 12.8 Å². The van der Waals surface area contributed by atoms with Crippen molar-refractivity contribution >= 4 is 17.5 Å². The summed E-state index contributed by atoms with van der Waals surface area (Å²) in [7, 11) is 0. The predicted octanol–water partition coefficient (Wildman–Crippen LogP) is 1.69. The Balaban J connectivity index is 1.74. The van der Waals surface area contributed by atoms with Gasteiger partial charge in [-0.3, -0.25) is 9.59 Å². The molecule has 0 spiro atoms. The van der Waals surface area contributed by atoms with Crippen LogP contribution in [-0.4, -0.2) is 24.4 Å². The van der Waals surface area contributed by atoms with Crippen molar-refractivity contribution in [3.8, 4) is 0 Å². The summed E-state index contributed by atoms with van der Waals surface area (Å²) in [6, 6.07) is 6.84. The maximum Gasteiger partial charge on any atom is 0.251 e. The molecule has 1 unspecified atom stereocenters. The van der Waals surface area contributed by atoms with Crippen LogP contribution < -0.4 is 16.4 Å². The number of anilines is 1. The van der Waals surface area contributed by atoms with E-state index in [0.29, 0.717) is 11.3 Å². The Hall–Kier alpha value is -2.04. The van der Waals surface area contributed by atoms with E-state index in [9.17, 15) is 9.59 Å². The average Bonchev–Trinajstić information content (AvgIpc) is 3.28. The monoisotopic (exact) mass is 289 g/mol. The highest BCUT2D eigenvalue weighted by atomic mass is 16.2. The number of nitrogens with two attached hydrogens (primary N) is 1. The first-order valence-electron chi connectivity index (χ1n) is 7.51. The average molecular weight is 289 g/mol. The van der Waals surface area contributed by atoms with Gasteiger partial charge in [-0.2, -0.15) is 0 Å². The molecule has 1 aromatic carbocycles. The molecular formula is C16H23N3O2. The Morgan fingerprint density at radius 1 is 1.29 bits per heavy atom. The van der Waals surface area contributed by atoms with Crippen molar-refractivity contribution in [3.63, 3.8) is 0 Å². The van der Waals surface area contributed by atoms with Gasteiger partial charge in [0.05, 0.1) is 6.54 Å². The van der Waals surface area contributed by atoms with Crippen molar-refractivity contribution in [2.75, 3.05) is 12.3 Å². The maximum absolute atomic E-state index is 11.9. The third kappa shape index (κ3) is 5.10. The number of hydrogen-bond acceptors (Lipinski definition) is 3. The minimum absolute atomic E-state index is 0.00434. The van der Waals surface area contributed by atoms with E-state index in [-0.39, 0.29) is 24.4 Å². The second-order valence-electron chi connectivity index (χ2n) is 5.66. The van der Waals surface area contributed by atoms with E-state index >= 15 is 0 Å². The first kappa shape index (κ1) is 15.4. The molecule has 21 heavy (non-hydrogen) atoms. The van der Waals surface area contributed by atoms with Crippen molar-refractivity contribution in [2.45, 2.75) is 38.6 Å². The zero-order valence-corrected chi connectivity index (χ0v) is 12.4. The lowest BCUT2D eigenvalue weighted by Crippen LogP contribution is -2.42. The minimum Gasteiger partial charge on any atom is -0.399 e. The molecule has 4 N–H and O–H groups in total. The number of rotatable bonds is 7. The summed E-state index contributed by atoms with van der Waals surface area (Å²) in [5.41, 5.74) is 6.68. The van der Waals surface area contributed by atoms with E-state index in [1.54, 1.807) is 24.3 Å². The Morgan fingerprint density at radius 3 is 2.52 bits per heavy atom. The van der Waals surface area contributed by atoms with Gasteiger partial charge in [0.15, 0.2) is 0 Å². The standard InChI is InChI=1S/C16H23N3O2/c1-2-14(9-11-3-4-11)19-15(20)10-18-16(21)12-5-7-13(17)8-6-12/h5-8,11,14H,2-4,9-10,17H2,1H3,(H,18,21)(H,19,20). The summed E-state index contributed by atoms with van der Waals surface area (Å²) in [4.78, 5) is 23.7. The van der Waals surface area contributed by atoms with Gasteiger partial charge in [0.25, 0.3) is 5.91 Å². The molecule has 1 fully saturated rings. The summed E-state index contributed by atoms with van der Waals surface area (Å²) < 4.78 is 0. The zero-order valence-electron chi connectivity index (χ0n) is 12.4. The number of nitrogen functional groups attached to an aromatic ring is 1. The zero-order chi connectivity index (χ0) is 15.2. The van der Waals surface area contributed by atoms with E-state index in [2.05, 4.69) is 17.6 Å². The van der Waals surface area contributed by atoms with Gasteiger partial charge in [-0.05, 0) is 43.0 Å². The molecule has 5 heteroatoms. The molecule has 0 aromatic heterocycles. The van der Waals surface area contributed by atoms with Gasteiger partial charge in [0, 0.05) is 17.3 Å². The minimum atomic E-state index is -0.264. The van der Waals surface area contributed by atoms with Crippen molar-refractivity contribution in [1.29, 1.82) is 0 Å². The Kier molecular flexibility index (Phi) is 5.20. The van der Waals surface area contributed by atoms with Crippen LogP contribution in [0.2, 0.25) is 0 Å². The van der Waals surface area contributed by atoms with Gasteiger partial charge in [0.1, 0.15) is 0 Å². The lowest BCUT2D eigenvalue weighted by Gasteiger charge is -2.16. The lowest BCUT2D eigenvalue weighted by molar-refractivity contribution is -0.120. The largest absolute Gasteiger partial charge is 0.399 e. The number of carbonyl (C=O) groups is 2. The maximum atomic E-state index is 11.9. The molecule has 2 rings (SSSR count). The molecule has 5 nitrogen and oxygen atoms in total. The topological polar surface area (TPSA) is 84.2 Å². The highest BCUT2D eigenvalue weighted by molar-refractivity contribution is 5.96. The van der Waals surface area contributed by atoms with Gasteiger partial charge in [0.2, 0.25) is 5.91 Å². The van der Waals surface area contributed by atoms with E-state index in [1.807, 2.05) is 0 Å². The van der Waals surface area contributed by atoms with E-state index < -0.39 is 0 Å². The third-order valence-electron chi connectivity index (χ3n) is 3.76. The highest BCUT2D eigenvalue weighted by Gasteiger charge is 2.25. The van der Waals surface area contributed by atoms with Crippen molar-refractivity contribution in [3.05, 3.63) is 29.8 Å². The van der Waals surface area contributed by atoms with Gasteiger partial charge in [-0.25, -0.2) is 0 Å². The SMILES string of the molecule is CCC(CC1CC1)NC(=O)CNC(=O)c1ccc(N)cc1. The van der Waals surface area contributed by atoms with Gasteiger partial charge in [-0.15, -0.1) is 0 Å². The Bertz CT molecular complexity index is 495. The molecule has 0 radical (unpaired) electrons. The molecule has 2 amide bonds. The van der Waals surface area contributed by atoms with Crippen LogP contribution in [0.4, 0.5) is 5.69 Å². The first-order valence-corrected chi connectivity index (χ1v) is 7.51. The van der Waals surface area contributed by atoms with Gasteiger partial charge < -0.3 is 16.4 Å². The summed E-state index contributed by atoms with van der Waals surface area (Å²) in [6.07, 6.45) is 4.53. The fraction of sp³-hybridized carbons (Fsp3) is 0.500. The molecule has 1 saturated carbocycles. The summed E-state index contributed by atoms with van der Waals surface area (Å²) in [5, 5.41) is 5.61. The Morgan fingerprint density at radius 2 is 1.95 bits per heavy atom. The third-order valence-corrected chi connectivity index (χ3v) is 3.76. The van der Waals surface area contributed by atoms with Crippen LogP contribution in [0.3, 0.4) is 0 Å².